The van der Waals surface area contributed by atoms with E-state index < -0.39 is 34.1 Å². The molecule has 0 bridgehead atoms. The van der Waals surface area contributed by atoms with Crippen molar-refractivity contribution in [3.05, 3.63) is 76.2 Å². The van der Waals surface area contributed by atoms with Gasteiger partial charge in [0.15, 0.2) is 0 Å². The average molecular weight is 672 g/mol. The molecule has 3 N–H and O–H groups in total. The first-order valence-corrected chi connectivity index (χ1v) is 17.9. The number of aryl methyl sites for hydroxylation is 1. The first-order chi connectivity index (χ1) is 21.8. The smallest absolute Gasteiger partial charge is 0.321 e. The normalized spacial score (nSPS) is 16.0. The number of urea groups is 1. The number of sulfonamides is 1. The molecule has 1 aromatic heterocycles. The van der Waals surface area contributed by atoms with Crippen LogP contribution in [0.4, 0.5) is 4.79 Å². The Balaban J connectivity index is 1.56. The predicted molar refractivity (Wildman–Crippen MR) is 178 cm³/mol. The molecule has 13 heteroatoms. The van der Waals surface area contributed by atoms with Gasteiger partial charge in [0.1, 0.15) is 11.8 Å². The minimum absolute atomic E-state index is 0.00780. The van der Waals surface area contributed by atoms with Gasteiger partial charge in [-0.15, -0.1) is 11.3 Å². The fraction of sp³-hybridized carbons (Fsp3) is 0.485. The first-order valence-electron chi connectivity index (χ1n) is 15.5. The van der Waals surface area contributed by atoms with E-state index >= 15 is 0 Å². The fourth-order valence-corrected chi connectivity index (χ4v) is 7.91. The van der Waals surface area contributed by atoms with Crippen LogP contribution in [0.25, 0.3) is 0 Å². The van der Waals surface area contributed by atoms with Crippen LogP contribution in [0.5, 0.6) is 5.75 Å². The lowest BCUT2D eigenvalue weighted by Crippen LogP contribution is -2.57. The molecule has 4 rings (SSSR count). The molecule has 1 aliphatic rings. The largest absolute Gasteiger partial charge is 0.508 e. The van der Waals surface area contributed by atoms with Crippen LogP contribution >= 0.6 is 11.3 Å². The molecule has 0 spiro atoms. The number of amides is 3. The van der Waals surface area contributed by atoms with E-state index in [2.05, 4.69) is 10.3 Å². The highest BCUT2D eigenvalue weighted by Crippen LogP contribution is 2.24. The van der Waals surface area contributed by atoms with Gasteiger partial charge < -0.3 is 25.3 Å². The first kappa shape index (κ1) is 35.3. The van der Waals surface area contributed by atoms with Crippen molar-refractivity contribution in [3.8, 4) is 5.75 Å². The number of phenolic OH excluding ortho intramolecular Hbond substituents is 1. The van der Waals surface area contributed by atoms with E-state index in [0.29, 0.717) is 19.6 Å². The molecule has 1 saturated heterocycles. The number of hydrogen-bond acceptors (Lipinski definition) is 8. The van der Waals surface area contributed by atoms with Gasteiger partial charge in [-0.25, -0.2) is 18.2 Å². The van der Waals surface area contributed by atoms with Crippen LogP contribution in [-0.4, -0.2) is 94.0 Å². The number of aliphatic hydroxyl groups excluding tert-OH is 1. The molecule has 2 aromatic carbocycles. The van der Waals surface area contributed by atoms with Gasteiger partial charge in [0.2, 0.25) is 15.9 Å². The van der Waals surface area contributed by atoms with E-state index in [9.17, 15) is 28.2 Å². The van der Waals surface area contributed by atoms with Crippen LogP contribution in [0.1, 0.15) is 44.0 Å². The number of carbonyl (C=O) groups is 2. The van der Waals surface area contributed by atoms with Crippen molar-refractivity contribution >= 4 is 33.3 Å². The quantitative estimate of drug-likeness (QED) is 0.223. The van der Waals surface area contributed by atoms with Gasteiger partial charge in [-0.1, -0.05) is 58.0 Å². The van der Waals surface area contributed by atoms with Crippen LogP contribution in [0.3, 0.4) is 0 Å². The molecule has 11 nitrogen and oxygen atoms in total. The van der Waals surface area contributed by atoms with Gasteiger partial charge in [0, 0.05) is 31.6 Å². The lowest BCUT2D eigenvalue weighted by molar-refractivity contribution is -0.128. The molecule has 3 amide bonds. The number of aromatic nitrogens is 1. The molecule has 250 valence electrons. The van der Waals surface area contributed by atoms with Crippen LogP contribution in [0.15, 0.2) is 64.9 Å². The minimum Gasteiger partial charge on any atom is -0.508 e. The zero-order chi connectivity index (χ0) is 33.6. The highest BCUT2D eigenvalue weighted by Gasteiger charge is 2.40. The van der Waals surface area contributed by atoms with Crippen molar-refractivity contribution in [3.63, 3.8) is 0 Å². The second-order valence-corrected chi connectivity index (χ2v) is 15.5. The summed E-state index contributed by atoms with van der Waals surface area (Å²) in [6, 6.07) is 12.7. The highest BCUT2D eigenvalue weighted by atomic mass is 32.2. The predicted octanol–water partition coefficient (Wildman–Crippen LogP) is 3.85. The third kappa shape index (κ3) is 8.84. The summed E-state index contributed by atoms with van der Waals surface area (Å²) < 4.78 is 28.6. The van der Waals surface area contributed by atoms with E-state index in [1.54, 1.807) is 9.80 Å². The van der Waals surface area contributed by atoms with E-state index in [1.807, 2.05) is 70.3 Å². The lowest BCUT2D eigenvalue weighted by Gasteiger charge is -2.34. The SMILES string of the molecule is Cc1nc(CN2CCN([C@H](C(=O)N[C@@H](Cc3ccccc3)[C@H](O)CN(CC(C)C)S(=O)(=O)c3ccc(O)cc3)C(C)C)C2=O)cs1. The molecular formula is C33H45N5O6S2. The second-order valence-electron chi connectivity index (χ2n) is 12.5. The van der Waals surface area contributed by atoms with Gasteiger partial charge in [-0.3, -0.25) is 4.79 Å². The molecule has 3 aromatic rings. The summed E-state index contributed by atoms with van der Waals surface area (Å²) in [6.07, 6.45) is -1.03. The number of carbonyl (C=O) groups excluding carboxylic acids is 2. The van der Waals surface area contributed by atoms with E-state index in [0.717, 1.165) is 16.3 Å². The number of nitrogens with one attached hydrogen (secondary N) is 1. The molecule has 1 aliphatic heterocycles. The van der Waals surface area contributed by atoms with Crippen LogP contribution in [0.2, 0.25) is 0 Å². The number of rotatable bonds is 15. The summed E-state index contributed by atoms with van der Waals surface area (Å²) >= 11 is 1.52. The summed E-state index contributed by atoms with van der Waals surface area (Å²) in [6.45, 7) is 10.5. The lowest BCUT2D eigenvalue weighted by atomic mass is 9.97. The Morgan fingerprint density at radius 2 is 1.72 bits per heavy atom. The summed E-state index contributed by atoms with van der Waals surface area (Å²) in [7, 11) is -4.04. The third-order valence-electron chi connectivity index (χ3n) is 7.91. The topological polar surface area (TPSA) is 143 Å². The molecule has 1 fully saturated rings. The van der Waals surface area contributed by atoms with E-state index in [-0.39, 0.29) is 48.0 Å². The molecule has 0 radical (unpaired) electrons. The van der Waals surface area contributed by atoms with Crippen molar-refractivity contribution in [2.45, 2.75) is 70.7 Å². The zero-order valence-electron chi connectivity index (χ0n) is 27.0. The molecule has 0 unspecified atom stereocenters. The minimum atomic E-state index is -4.04. The van der Waals surface area contributed by atoms with Crippen molar-refractivity contribution in [1.29, 1.82) is 0 Å². The molecule has 2 heterocycles. The summed E-state index contributed by atoms with van der Waals surface area (Å²) in [4.78, 5) is 35.2. The van der Waals surface area contributed by atoms with Gasteiger partial charge >= 0.3 is 6.03 Å². The number of phenols is 1. The fourth-order valence-electron chi connectivity index (χ4n) is 5.69. The number of aliphatic hydroxyl groups is 1. The number of nitrogens with zero attached hydrogens (tertiary/aromatic N) is 4. The molecule has 0 aliphatic carbocycles. The van der Waals surface area contributed by atoms with Gasteiger partial charge in [0.05, 0.1) is 34.3 Å². The number of benzene rings is 2. The maximum Gasteiger partial charge on any atom is 0.321 e. The van der Waals surface area contributed by atoms with Crippen molar-refractivity contribution < 1.29 is 28.2 Å². The number of hydrogen-bond donors (Lipinski definition) is 3. The number of thiazole rings is 1. The van der Waals surface area contributed by atoms with E-state index in [4.69, 9.17) is 0 Å². The van der Waals surface area contributed by atoms with Gasteiger partial charge in [-0.2, -0.15) is 4.31 Å². The second kappa shape index (κ2) is 15.4. The summed E-state index contributed by atoms with van der Waals surface area (Å²) in [5.74, 6) is -0.750. The molecular weight excluding hydrogens is 627 g/mol. The summed E-state index contributed by atoms with van der Waals surface area (Å²) in [5.41, 5.74) is 1.66. The molecule has 46 heavy (non-hydrogen) atoms. The molecule has 0 saturated carbocycles. The Morgan fingerprint density at radius 3 is 2.30 bits per heavy atom. The van der Waals surface area contributed by atoms with Gasteiger partial charge in [0.25, 0.3) is 0 Å². The Bertz CT molecular complexity index is 1560. The zero-order valence-corrected chi connectivity index (χ0v) is 28.7. The maximum atomic E-state index is 14.0. The van der Waals surface area contributed by atoms with Crippen LogP contribution < -0.4 is 5.32 Å². The maximum absolute atomic E-state index is 14.0. The highest BCUT2D eigenvalue weighted by molar-refractivity contribution is 7.89. The molecule has 3 atom stereocenters. The monoisotopic (exact) mass is 671 g/mol. The van der Waals surface area contributed by atoms with Crippen molar-refractivity contribution in [2.24, 2.45) is 11.8 Å². The van der Waals surface area contributed by atoms with Crippen LogP contribution in [0, 0.1) is 18.8 Å². The third-order valence-corrected chi connectivity index (χ3v) is 10.6. The Hall–Kier alpha value is -3.52. The Labute approximate surface area is 275 Å². The van der Waals surface area contributed by atoms with E-state index in [1.165, 1.54) is 39.9 Å². The standard InChI is InChI=1S/C33H45N5O6S2/c1-22(2)18-37(46(43,44)28-13-11-27(39)12-14-28)20-30(40)29(17-25-9-7-6-8-10-25)35-32(41)31(23(3)4)38-16-15-36(33(38)42)19-26-21-45-24(5)34-26/h6-14,21-23,29-31,39-40H,15-20H2,1-5H3,(H,35,41)/t29-,30+,31-/m0/s1. The van der Waals surface area contributed by atoms with Gasteiger partial charge in [-0.05, 0) is 55.0 Å². The summed E-state index contributed by atoms with van der Waals surface area (Å²) in [5, 5.41) is 27.2. The average Bonchev–Trinajstić information content (AvgIpc) is 3.57. The van der Waals surface area contributed by atoms with Crippen molar-refractivity contribution in [1.82, 2.24) is 24.4 Å². The Morgan fingerprint density at radius 1 is 1.04 bits per heavy atom. The Kier molecular flexibility index (Phi) is 11.8. The van der Waals surface area contributed by atoms with Crippen molar-refractivity contribution in [2.75, 3.05) is 26.2 Å². The van der Waals surface area contributed by atoms with Crippen LogP contribution in [-0.2, 0) is 27.8 Å². The number of aromatic hydroxyl groups is 1.